The molecule has 1 aliphatic heterocycles. The van der Waals surface area contributed by atoms with E-state index in [1.54, 1.807) is 0 Å². The van der Waals surface area contributed by atoms with Gasteiger partial charge in [-0.15, -0.1) is 0 Å². The van der Waals surface area contributed by atoms with Crippen LogP contribution in [0.4, 0.5) is 0 Å². The summed E-state index contributed by atoms with van der Waals surface area (Å²) in [6.07, 6.45) is 4.12. The summed E-state index contributed by atoms with van der Waals surface area (Å²) >= 11 is 0. The predicted octanol–water partition coefficient (Wildman–Crippen LogP) is 0.704. The van der Waals surface area contributed by atoms with Crippen molar-refractivity contribution >= 4 is 17.4 Å². The Labute approximate surface area is 86.4 Å². The van der Waals surface area contributed by atoms with Crippen LogP contribution in [0.3, 0.4) is 0 Å². The third-order valence-corrected chi connectivity index (χ3v) is 1.73. The molecule has 0 spiro atoms. The SMILES string of the molecule is CC(C)N1[C]N(C(C)C)C=C1.[AlH3]. The van der Waals surface area contributed by atoms with Gasteiger partial charge in [-0.2, -0.15) is 0 Å². The van der Waals surface area contributed by atoms with Gasteiger partial charge in [0.1, 0.15) is 0 Å². The first-order valence-electron chi connectivity index (χ1n) is 4.12. The molecule has 3 heteroatoms. The topological polar surface area (TPSA) is 6.48 Å². The molecule has 0 unspecified atom stereocenters. The summed E-state index contributed by atoms with van der Waals surface area (Å²) in [7, 11) is 0. The van der Waals surface area contributed by atoms with E-state index in [-0.39, 0.29) is 17.4 Å². The second-order valence-corrected chi connectivity index (χ2v) is 3.40. The second kappa shape index (κ2) is 4.79. The highest BCUT2D eigenvalue weighted by Crippen LogP contribution is 2.16. The van der Waals surface area contributed by atoms with E-state index >= 15 is 0 Å². The summed E-state index contributed by atoms with van der Waals surface area (Å²) < 4.78 is 0. The average molecular weight is 182 g/mol. The van der Waals surface area contributed by atoms with Crippen molar-refractivity contribution in [3.8, 4) is 0 Å². The van der Waals surface area contributed by atoms with Gasteiger partial charge in [0.15, 0.2) is 17.4 Å². The van der Waals surface area contributed by atoms with Gasteiger partial charge in [0, 0.05) is 24.5 Å². The molecule has 0 aromatic heterocycles. The highest BCUT2D eigenvalue weighted by atomic mass is 27.0. The van der Waals surface area contributed by atoms with Gasteiger partial charge in [0.25, 0.3) is 0 Å². The highest BCUT2D eigenvalue weighted by molar-refractivity contribution is 5.75. The molecule has 0 N–H and O–H groups in total. The standard InChI is InChI=1S/C9H16N2.Al.3H/c1-8(2)10-5-6-11(7-10)9(3)4;;;;/h5-6,8-9H,1-4H3;;;;. The molecule has 68 valence electrons. The third-order valence-electron chi connectivity index (χ3n) is 1.73. The Morgan fingerprint density at radius 3 is 1.42 bits per heavy atom. The molecule has 1 rings (SSSR count). The van der Waals surface area contributed by atoms with Gasteiger partial charge in [0.05, 0.1) is 0 Å². The van der Waals surface area contributed by atoms with Gasteiger partial charge in [-0.05, 0) is 27.7 Å². The van der Waals surface area contributed by atoms with E-state index in [0.717, 1.165) is 0 Å². The summed E-state index contributed by atoms with van der Waals surface area (Å²) in [6, 6.07) is 1.02. The first kappa shape index (κ1) is 11.9. The maximum absolute atomic E-state index is 3.25. The quantitative estimate of drug-likeness (QED) is 0.580. The number of rotatable bonds is 2. The monoisotopic (exact) mass is 182 g/mol. The predicted molar refractivity (Wildman–Crippen MR) is 56.3 cm³/mol. The van der Waals surface area contributed by atoms with Crippen LogP contribution >= 0.6 is 0 Å². The molecule has 0 aromatic carbocycles. The van der Waals surface area contributed by atoms with Gasteiger partial charge in [-0.25, -0.2) is 0 Å². The lowest BCUT2D eigenvalue weighted by molar-refractivity contribution is 0.273. The summed E-state index contributed by atoms with van der Waals surface area (Å²) in [5, 5.41) is 0. The number of hydrogen-bond donors (Lipinski definition) is 0. The van der Waals surface area contributed by atoms with Crippen LogP contribution in [0.15, 0.2) is 12.4 Å². The van der Waals surface area contributed by atoms with Gasteiger partial charge < -0.3 is 9.80 Å². The Balaban J connectivity index is 0.00000121. The van der Waals surface area contributed by atoms with Crippen molar-refractivity contribution in [2.45, 2.75) is 39.8 Å². The molecule has 2 radical (unpaired) electrons. The van der Waals surface area contributed by atoms with Crippen LogP contribution in [0.2, 0.25) is 0 Å². The van der Waals surface area contributed by atoms with Crippen LogP contribution in [0.1, 0.15) is 27.7 Å². The fourth-order valence-corrected chi connectivity index (χ4v) is 0.919. The van der Waals surface area contributed by atoms with Crippen LogP contribution in [0.5, 0.6) is 0 Å². The molecule has 0 aromatic rings. The Hall–Kier alpha value is -0.128. The molecule has 1 heterocycles. The molecule has 0 aliphatic carbocycles. The molecule has 1 aliphatic rings. The van der Waals surface area contributed by atoms with E-state index in [2.05, 4.69) is 56.6 Å². The summed E-state index contributed by atoms with van der Waals surface area (Å²) in [4.78, 5) is 4.17. The van der Waals surface area contributed by atoms with Crippen LogP contribution in [0, 0.1) is 6.67 Å². The van der Waals surface area contributed by atoms with E-state index in [1.165, 1.54) is 0 Å². The molecular formula is C9H19AlN2. The highest BCUT2D eigenvalue weighted by Gasteiger charge is 2.18. The number of nitrogens with zero attached hydrogens (tertiary/aromatic N) is 2. The molecular weight excluding hydrogens is 163 g/mol. The van der Waals surface area contributed by atoms with Crippen LogP contribution in [-0.2, 0) is 0 Å². The van der Waals surface area contributed by atoms with Crippen molar-refractivity contribution in [2.24, 2.45) is 0 Å². The molecule has 0 atom stereocenters. The zero-order valence-corrected chi connectivity index (χ0v) is 7.70. The Morgan fingerprint density at radius 1 is 0.917 bits per heavy atom. The summed E-state index contributed by atoms with van der Waals surface area (Å²) in [5.74, 6) is 0. The summed E-state index contributed by atoms with van der Waals surface area (Å²) in [5.41, 5.74) is 0. The van der Waals surface area contributed by atoms with Gasteiger partial charge in [0.2, 0.25) is 6.67 Å². The van der Waals surface area contributed by atoms with Crippen molar-refractivity contribution in [1.29, 1.82) is 0 Å². The van der Waals surface area contributed by atoms with E-state index in [9.17, 15) is 0 Å². The molecule has 0 bridgehead atoms. The zero-order chi connectivity index (χ0) is 8.43. The number of hydrogen-bond acceptors (Lipinski definition) is 2. The second-order valence-electron chi connectivity index (χ2n) is 3.40. The Bertz CT molecular complexity index is 139. The first-order chi connectivity index (χ1) is 5.11. The molecule has 0 amide bonds. The van der Waals surface area contributed by atoms with Crippen LogP contribution < -0.4 is 0 Å². The van der Waals surface area contributed by atoms with Crippen molar-refractivity contribution in [1.82, 2.24) is 9.80 Å². The van der Waals surface area contributed by atoms with Gasteiger partial charge in [-0.1, -0.05) is 0 Å². The van der Waals surface area contributed by atoms with Crippen LogP contribution in [0.25, 0.3) is 0 Å². The third kappa shape index (κ3) is 2.73. The molecule has 0 saturated carbocycles. The summed E-state index contributed by atoms with van der Waals surface area (Å²) in [6.45, 7) is 11.9. The minimum atomic E-state index is 0. The fraction of sp³-hybridized carbons (Fsp3) is 0.667. The molecule has 0 saturated heterocycles. The molecule has 2 nitrogen and oxygen atoms in total. The van der Waals surface area contributed by atoms with Crippen molar-refractivity contribution in [3.63, 3.8) is 0 Å². The van der Waals surface area contributed by atoms with Crippen LogP contribution in [-0.4, -0.2) is 39.2 Å². The lowest BCUT2D eigenvalue weighted by Gasteiger charge is -2.24. The first-order valence-corrected chi connectivity index (χ1v) is 4.12. The normalized spacial score (nSPS) is 16.2. The smallest absolute Gasteiger partial charge is 0.208 e. The zero-order valence-electron chi connectivity index (χ0n) is 7.70. The lowest BCUT2D eigenvalue weighted by atomic mass is 10.3. The fourth-order valence-electron chi connectivity index (χ4n) is 0.919. The Morgan fingerprint density at radius 2 is 1.25 bits per heavy atom. The Kier molecular flexibility index (Phi) is 4.74. The van der Waals surface area contributed by atoms with Crippen molar-refractivity contribution in [2.75, 3.05) is 0 Å². The largest absolute Gasteiger partial charge is 0.344 e. The van der Waals surface area contributed by atoms with E-state index in [4.69, 9.17) is 0 Å². The lowest BCUT2D eigenvalue weighted by Crippen LogP contribution is -2.28. The van der Waals surface area contributed by atoms with E-state index in [1.807, 2.05) is 0 Å². The van der Waals surface area contributed by atoms with Crippen molar-refractivity contribution < 1.29 is 0 Å². The van der Waals surface area contributed by atoms with Gasteiger partial charge in [-0.3, -0.25) is 0 Å². The minimum absolute atomic E-state index is 0. The van der Waals surface area contributed by atoms with E-state index < -0.39 is 0 Å². The van der Waals surface area contributed by atoms with E-state index in [0.29, 0.717) is 12.1 Å². The van der Waals surface area contributed by atoms with Gasteiger partial charge >= 0.3 is 0 Å². The minimum Gasteiger partial charge on any atom is -0.344 e. The average Bonchev–Trinajstić information content (AvgIpc) is 2.33. The molecule has 12 heavy (non-hydrogen) atoms. The maximum Gasteiger partial charge on any atom is 0.208 e. The van der Waals surface area contributed by atoms with Crippen molar-refractivity contribution in [3.05, 3.63) is 19.1 Å². The maximum atomic E-state index is 3.25. The molecule has 0 fully saturated rings.